The molecular weight excluding hydrogens is 462 g/mol. The molecule has 1 N–H and O–H groups in total. The Labute approximate surface area is 209 Å². The SMILES string of the molecule is CC(C)OC(=O)c1c(NC(=O)c2csc3c2CC[C@H](C)C3)sc2c1CC[C@@H](c1ccccc1)C2. The first-order valence-corrected chi connectivity index (χ1v) is 13.9. The van der Waals surface area contributed by atoms with Gasteiger partial charge in [-0.2, -0.15) is 0 Å². The quantitative estimate of drug-likeness (QED) is 0.388. The second-order valence-electron chi connectivity index (χ2n) is 9.87. The molecule has 0 saturated heterocycles. The third-order valence-corrected chi connectivity index (χ3v) is 9.18. The summed E-state index contributed by atoms with van der Waals surface area (Å²) in [6.45, 7) is 5.99. The molecule has 6 heteroatoms. The van der Waals surface area contributed by atoms with Gasteiger partial charge in [-0.05, 0) is 80.9 Å². The van der Waals surface area contributed by atoms with Gasteiger partial charge in [-0.1, -0.05) is 37.3 Å². The van der Waals surface area contributed by atoms with Gasteiger partial charge >= 0.3 is 5.97 Å². The highest BCUT2D eigenvalue weighted by molar-refractivity contribution is 7.17. The molecule has 2 aliphatic carbocycles. The normalized spacial score (nSPS) is 19.4. The van der Waals surface area contributed by atoms with Crippen molar-refractivity contribution in [2.24, 2.45) is 5.92 Å². The lowest BCUT2D eigenvalue weighted by molar-refractivity contribution is 0.0378. The molecule has 0 radical (unpaired) electrons. The molecule has 0 fully saturated rings. The summed E-state index contributed by atoms with van der Waals surface area (Å²) >= 11 is 3.24. The number of fused-ring (bicyclic) bond motifs is 2. The minimum atomic E-state index is -0.331. The van der Waals surface area contributed by atoms with Crippen LogP contribution in [-0.4, -0.2) is 18.0 Å². The number of anilines is 1. The van der Waals surface area contributed by atoms with E-state index in [0.29, 0.717) is 22.4 Å². The lowest BCUT2D eigenvalue weighted by atomic mass is 9.83. The zero-order valence-corrected chi connectivity index (χ0v) is 21.6. The molecule has 1 amide bonds. The molecule has 178 valence electrons. The summed E-state index contributed by atoms with van der Waals surface area (Å²) in [6.07, 6.45) is 5.59. The van der Waals surface area contributed by atoms with E-state index in [9.17, 15) is 9.59 Å². The molecule has 3 aromatic rings. The van der Waals surface area contributed by atoms with Gasteiger partial charge in [0.15, 0.2) is 0 Å². The first-order valence-electron chi connectivity index (χ1n) is 12.2. The fourth-order valence-electron chi connectivity index (χ4n) is 5.21. The standard InChI is InChI=1S/C28H31NO3S2/c1-16(2)32-28(31)25-21-12-10-19(18-7-5-4-6-8-18)14-24(21)34-27(25)29-26(30)22-15-33-23-13-17(3)9-11-20(22)23/h4-8,15-17,19H,9-14H2,1-3H3,(H,29,30)/t17-,19+/m0/s1. The summed E-state index contributed by atoms with van der Waals surface area (Å²) in [5, 5.41) is 5.75. The minimum absolute atomic E-state index is 0.108. The maximum absolute atomic E-state index is 13.4. The molecular formula is C28H31NO3S2. The van der Waals surface area contributed by atoms with Gasteiger partial charge in [-0.15, -0.1) is 22.7 Å². The molecule has 0 saturated carbocycles. The van der Waals surface area contributed by atoms with Gasteiger partial charge in [0.25, 0.3) is 5.91 Å². The van der Waals surface area contributed by atoms with E-state index in [1.165, 1.54) is 20.9 Å². The largest absolute Gasteiger partial charge is 0.459 e. The van der Waals surface area contributed by atoms with Crippen LogP contribution < -0.4 is 5.32 Å². The van der Waals surface area contributed by atoms with Crippen molar-refractivity contribution < 1.29 is 14.3 Å². The van der Waals surface area contributed by atoms with Crippen LogP contribution in [-0.2, 0) is 30.4 Å². The summed E-state index contributed by atoms with van der Waals surface area (Å²) in [7, 11) is 0. The highest BCUT2D eigenvalue weighted by atomic mass is 32.1. The van der Waals surface area contributed by atoms with Gasteiger partial charge in [-0.25, -0.2) is 4.79 Å². The van der Waals surface area contributed by atoms with Gasteiger partial charge in [0.2, 0.25) is 0 Å². The van der Waals surface area contributed by atoms with Crippen LogP contribution in [0.3, 0.4) is 0 Å². The number of benzene rings is 1. The maximum atomic E-state index is 13.4. The predicted octanol–water partition coefficient (Wildman–Crippen LogP) is 7.02. The van der Waals surface area contributed by atoms with E-state index in [1.54, 1.807) is 22.7 Å². The number of rotatable bonds is 5. The average molecular weight is 494 g/mol. The zero-order valence-electron chi connectivity index (χ0n) is 20.0. The van der Waals surface area contributed by atoms with E-state index in [4.69, 9.17) is 4.74 Å². The average Bonchev–Trinajstić information content (AvgIpc) is 3.39. The number of carbonyl (C=O) groups excluding carboxylic acids is 2. The van der Waals surface area contributed by atoms with E-state index in [0.717, 1.165) is 49.7 Å². The van der Waals surface area contributed by atoms with Crippen molar-refractivity contribution in [2.75, 3.05) is 5.32 Å². The molecule has 0 unspecified atom stereocenters. The van der Waals surface area contributed by atoms with Gasteiger partial charge in [-0.3, -0.25) is 4.79 Å². The Hall–Kier alpha value is -2.44. The van der Waals surface area contributed by atoms with Crippen molar-refractivity contribution in [1.82, 2.24) is 0 Å². The second kappa shape index (κ2) is 9.67. The van der Waals surface area contributed by atoms with Crippen LogP contribution in [0.4, 0.5) is 5.00 Å². The first kappa shape index (κ1) is 23.3. The van der Waals surface area contributed by atoms with Crippen molar-refractivity contribution in [2.45, 2.75) is 71.3 Å². The van der Waals surface area contributed by atoms with Gasteiger partial charge in [0.1, 0.15) is 5.00 Å². The zero-order chi connectivity index (χ0) is 23.8. The molecule has 4 nitrogen and oxygen atoms in total. The third-order valence-electron chi connectivity index (χ3n) is 6.96. The van der Waals surface area contributed by atoms with Crippen molar-refractivity contribution in [3.05, 3.63) is 73.3 Å². The van der Waals surface area contributed by atoms with E-state index in [1.807, 2.05) is 25.3 Å². The number of amides is 1. The lowest BCUT2D eigenvalue weighted by Gasteiger charge is -2.23. The monoisotopic (exact) mass is 493 g/mol. The van der Waals surface area contributed by atoms with Crippen LogP contribution in [0.1, 0.15) is 86.7 Å². The summed E-state index contributed by atoms with van der Waals surface area (Å²) in [5.41, 5.74) is 4.91. The number of hydrogen-bond donors (Lipinski definition) is 1. The fourth-order valence-corrected chi connectivity index (χ4v) is 7.77. The molecule has 2 atom stereocenters. The number of esters is 1. The number of carbonyl (C=O) groups is 2. The molecule has 0 aliphatic heterocycles. The molecule has 34 heavy (non-hydrogen) atoms. The fraction of sp³-hybridized carbons (Fsp3) is 0.429. The van der Waals surface area contributed by atoms with Crippen LogP contribution in [0.2, 0.25) is 0 Å². The molecule has 2 aromatic heterocycles. The lowest BCUT2D eigenvalue weighted by Crippen LogP contribution is -2.19. The van der Waals surface area contributed by atoms with E-state index < -0.39 is 0 Å². The Morgan fingerprint density at radius 1 is 1.03 bits per heavy atom. The van der Waals surface area contributed by atoms with E-state index in [2.05, 4.69) is 36.5 Å². The molecule has 5 rings (SSSR count). The van der Waals surface area contributed by atoms with Crippen LogP contribution in [0, 0.1) is 5.92 Å². The third kappa shape index (κ3) is 4.58. The Morgan fingerprint density at radius 3 is 2.56 bits per heavy atom. The van der Waals surface area contributed by atoms with Crippen LogP contribution in [0.25, 0.3) is 0 Å². The minimum Gasteiger partial charge on any atom is -0.459 e. The van der Waals surface area contributed by atoms with Gasteiger partial charge < -0.3 is 10.1 Å². The van der Waals surface area contributed by atoms with Crippen LogP contribution in [0.15, 0.2) is 35.7 Å². The topological polar surface area (TPSA) is 55.4 Å². The number of ether oxygens (including phenoxy) is 1. The van der Waals surface area contributed by atoms with Crippen LogP contribution >= 0.6 is 22.7 Å². The maximum Gasteiger partial charge on any atom is 0.341 e. The summed E-state index contributed by atoms with van der Waals surface area (Å²) in [4.78, 5) is 29.0. The van der Waals surface area contributed by atoms with Crippen molar-refractivity contribution >= 4 is 39.6 Å². The van der Waals surface area contributed by atoms with Crippen molar-refractivity contribution in [1.29, 1.82) is 0 Å². The number of hydrogen-bond acceptors (Lipinski definition) is 5. The van der Waals surface area contributed by atoms with Crippen LogP contribution in [0.5, 0.6) is 0 Å². The summed E-state index contributed by atoms with van der Waals surface area (Å²) < 4.78 is 5.61. The highest BCUT2D eigenvalue weighted by Crippen LogP contribution is 2.43. The smallest absolute Gasteiger partial charge is 0.341 e. The highest BCUT2D eigenvalue weighted by Gasteiger charge is 2.32. The Kier molecular flexibility index (Phi) is 6.63. The summed E-state index contributed by atoms with van der Waals surface area (Å²) in [5.74, 6) is 0.655. The Bertz CT molecular complexity index is 1210. The summed E-state index contributed by atoms with van der Waals surface area (Å²) in [6, 6.07) is 10.6. The second-order valence-corrected chi connectivity index (χ2v) is 11.9. The molecule has 0 bridgehead atoms. The van der Waals surface area contributed by atoms with Crippen molar-refractivity contribution in [3.63, 3.8) is 0 Å². The number of thiophene rings is 2. The molecule has 1 aromatic carbocycles. The van der Waals surface area contributed by atoms with E-state index in [-0.39, 0.29) is 18.0 Å². The van der Waals surface area contributed by atoms with Crippen molar-refractivity contribution in [3.8, 4) is 0 Å². The van der Waals surface area contributed by atoms with Gasteiger partial charge in [0, 0.05) is 15.1 Å². The molecule has 0 spiro atoms. The number of nitrogens with one attached hydrogen (secondary N) is 1. The first-order chi connectivity index (χ1) is 16.4. The van der Waals surface area contributed by atoms with Gasteiger partial charge in [0.05, 0.1) is 17.2 Å². The van der Waals surface area contributed by atoms with E-state index >= 15 is 0 Å². The predicted molar refractivity (Wildman–Crippen MR) is 140 cm³/mol. The molecule has 2 aliphatic rings. The molecule has 2 heterocycles. The Balaban J connectivity index is 1.45. The Morgan fingerprint density at radius 2 is 1.79 bits per heavy atom.